The number of benzene rings is 1. The van der Waals surface area contributed by atoms with E-state index in [2.05, 4.69) is 10.1 Å². The Bertz CT molecular complexity index is 687. The van der Waals surface area contributed by atoms with Crippen LogP contribution in [0.25, 0.3) is 0 Å². The van der Waals surface area contributed by atoms with Gasteiger partial charge >= 0.3 is 0 Å². The number of aryl methyl sites for hydroxylation is 2. The number of carbonyl (C=O) groups is 1. The summed E-state index contributed by atoms with van der Waals surface area (Å²) in [7, 11) is 0. The highest BCUT2D eigenvalue weighted by atomic mass is 16.5. The summed E-state index contributed by atoms with van der Waals surface area (Å²) >= 11 is 0. The fraction of sp³-hybridized carbons (Fsp3) is 0.438. The van der Waals surface area contributed by atoms with Gasteiger partial charge in [-0.3, -0.25) is 4.79 Å². The molecule has 6 heteroatoms. The maximum Gasteiger partial charge on any atom is 0.254 e. The summed E-state index contributed by atoms with van der Waals surface area (Å²) in [5, 5.41) is 3.83. The van der Waals surface area contributed by atoms with Crippen LogP contribution in [0.2, 0.25) is 0 Å². The minimum absolute atomic E-state index is 0.0463. The number of carbonyl (C=O) groups excluding carboxylic acids is 1. The number of nitrogen functional groups attached to an aromatic ring is 1. The van der Waals surface area contributed by atoms with E-state index in [0.717, 1.165) is 18.4 Å². The predicted molar refractivity (Wildman–Crippen MR) is 82.5 cm³/mol. The number of hydrogen-bond acceptors (Lipinski definition) is 5. The minimum atomic E-state index is 0.0463. The SMILES string of the molecule is Cc1noc(C2CCN(C(=O)c3cc(N)ccc3C)CC2)n1. The highest BCUT2D eigenvalue weighted by Crippen LogP contribution is 2.28. The zero-order valence-electron chi connectivity index (χ0n) is 12.9. The third kappa shape index (κ3) is 2.81. The van der Waals surface area contributed by atoms with Crippen molar-refractivity contribution < 1.29 is 9.32 Å². The normalized spacial score (nSPS) is 16.0. The molecule has 0 aliphatic carbocycles. The molecule has 2 N–H and O–H groups in total. The molecule has 1 aromatic carbocycles. The molecule has 3 rings (SSSR count). The standard InChI is InChI=1S/C16H20N4O2/c1-10-3-4-13(17)9-14(10)16(21)20-7-5-12(6-8-20)15-18-11(2)19-22-15/h3-4,9,12H,5-8,17H2,1-2H3. The van der Waals surface area contributed by atoms with Gasteiger partial charge in [-0.15, -0.1) is 0 Å². The third-order valence-electron chi connectivity index (χ3n) is 4.17. The first-order valence-electron chi connectivity index (χ1n) is 7.50. The molecule has 1 aliphatic rings. The Morgan fingerprint density at radius 3 is 2.68 bits per heavy atom. The number of aromatic nitrogens is 2. The highest BCUT2D eigenvalue weighted by molar-refractivity contribution is 5.96. The fourth-order valence-electron chi connectivity index (χ4n) is 2.85. The number of rotatable bonds is 2. The van der Waals surface area contributed by atoms with E-state index in [9.17, 15) is 4.79 Å². The first-order chi connectivity index (χ1) is 10.5. The topological polar surface area (TPSA) is 85.2 Å². The van der Waals surface area contributed by atoms with Crippen molar-refractivity contribution in [2.24, 2.45) is 0 Å². The maximum absolute atomic E-state index is 12.6. The van der Waals surface area contributed by atoms with Crippen molar-refractivity contribution >= 4 is 11.6 Å². The zero-order valence-corrected chi connectivity index (χ0v) is 12.9. The fourth-order valence-corrected chi connectivity index (χ4v) is 2.85. The summed E-state index contributed by atoms with van der Waals surface area (Å²) in [6, 6.07) is 5.46. The molecule has 0 bridgehead atoms. The van der Waals surface area contributed by atoms with E-state index in [4.69, 9.17) is 10.3 Å². The van der Waals surface area contributed by atoms with Crippen LogP contribution in [0.15, 0.2) is 22.7 Å². The van der Waals surface area contributed by atoms with Crippen LogP contribution in [0, 0.1) is 13.8 Å². The van der Waals surface area contributed by atoms with Gasteiger partial charge in [-0.05, 0) is 44.4 Å². The quantitative estimate of drug-likeness (QED) is 0.860. The van der Waals surface area contributed by atoms with Crippen LogP contribution in [-0.2, 0) is 0 Å². The van der Waals surface area contributed by atoms with E-state index in [1.807, 2.05) is 30.9 Å². The van der Waals surface area contributed by atoms with Gasteiger partial charge in [0.15, 0.2) is 5.82 Å². The lowest BCUT2D eigenvalue weighted by molar-refractivity contribution is 0.0704. The summed E-state index contributed by atoms with van der Waals surface area (Å²) in [4.78, 5) is 18.8. The van der Waals surface area contributed by atoms with Crippen molar-refractivity contribution in [1.82, 2.24) is 15.0 Å². The molecule has 0 spiro atoms. The largest absolute Gasteiger partial charge is 0.399 e. The minimum Gasteiger partial charge on any atom is -0.399 e. The lowest BCUT2D eigenvalue weighted by Crippen LogP contribution is -2.38. The Balaban J connectivity index is 1.68. The lowest BCUT2D eigenvalue weighted by atomic mass is 9.95. The van der Waals surface area contributed by atoms with Gasteiger partial charge in [0.2, 0.25) is 5.89 Å². The summed E-state index contributed by atoms with van der Waals surface area (Å²) < 4.78 is 5.24. The summed E-state index contributed by atoms with van der Waals surface area (Å²) in [6.45, 7) is 5.13. The Morgan fingerprint density at radius 1 is 1.32 bits per heavy atom. The van der Waals surface area contributed by atoms with Gasteiger partial charge in [-0.25, -0.2) is 0 Å². The van der Waals surface area contributed by atoms with Gasteiger partial charge in [-0.2, -0.15) is 4.98 Å². The predicted octanol–water partition coefficient (Wildman–Crippen LogP) is 2.29. The summed E-state index contributed by atoms with van der Waals surface area (Å²) in [6.07, 6.45) is 1.68. The van der Waals surface area contributed by atoms with Crippen molar-refractivity contribution in [3.63, 3.8) is 0 Å². The maximum atomic E-state index is 12.6. The van der Waals surface area contributed by atoms with Crippen LogP contribution < -0.4 is 5.73 Å². The van der Waals surface area contributed by atoms with Crippen LogP contribution in [0.3, 0.4) is 0 Å². The van der Waals surface area contributed by atoms with Crippen LogP contribution in [0.4, 0.5) is 5.69 Å². The molecule has 1 amide bonds. The van der Waals surface area contributed by atoms with Gasteiger partial charge in [0.25, 0.3) is 5.91 Å². The van der Waals surface area contributed by atoms with Gasteiger partial charge in [0, 0.05) is 30.3 Å². The first kappa shape index (κ1) is 14.6. The molecule has 2 aromatic rings. The second kappa shape index (κ2) is 5.79. The van der Waals surface area contributed by atoms with Gasteiger partial charge in [-0.1, -0.05) is 11.2 Å². The Kier molecular flexibility index (Phi) is 3.83. The Labute approximate surface area is 129 Å². The van der Waals surface area contributed by atoms with E-state index in [1.165, 1.54) is 0 Å². The number of amides is 1. The molecular formula is C16H20N4O2. The zero-order chi connectivity index (χ0) is 15.7. The molecule has 0 saturated carbocycles. The number of hydrogen-bond donors (Lipinski definition) is 1. The molecule has 0 radical (unpaired) electrons. The van der Waals surface area contributed by atoms with Crippen LogP contribution in [0.5, 0.6) is 0 Å². The monoisotopic (exact) mass is 300 g/mol. The molecule has 116 valence electrons. The molecule has 6 nitrogen and oxygen atoms in total. The van der Waals surface area contributed by atoms with Crippen molar-refractivity contribution in [3.05, 3.63) is 41.0 Å². The van der Waals surface area contributed by atoms with Crippen molar-refractivity contribution in [3.8, 4) is 0 Å². The first-order valence-corrected chi connectivity index (χ1v) is 7.50. The second-order valence-electron chi connectivity index (χ2n) is 5.82. The molecular weight excluding hydrogens is 280 g/mol. The van der Waals surface area contributed by atoms with E-state index in [-0.39, 0.29) is 11.8 Å². The Hall–Kier alpha value is -2.37. The summed E-state index contributed by atoms with van der Waals surface area (Å²) in [5.41, 5.74) is 8.05. The molecule has 1 saturated heterocycles. The molecule has 0 atom stereocenters. The van der Waals surface area contributed by atoms with E-state index in [1.54, 1.807) is 6.07 Å². The molecule has 1 aliphatic heterocycles. The molecule has 2 heterocycles. The average molecular weight is 300 g/mol. The number of nitrogens with two attached hydrogens (primary N) is 1. The lowest BCUT2D eigenvalue weighted by Gasteiger charge is -2.30. The van der Waals surface area contributed by atoms with Gasteiger partial charge < -0.3 is 15.2 Å². The van der Waals surface area contributed by atoms with Crippen LogP contribution in [-0.4, -0.2) is 34.0 Å². The van der Waals surface area contributed by atoms with Gasteiger partial charge in [0.05, 0.1) is 0 Å². The van der Waals surface area contributed by atoms with Crippen molar-refractivity contribution in [1.29, 1.82) is 0 Å². The second-order valence-corrected chi connectivity index (χ2v) is 5.82. The third-order valence-corrected chi connectivity index (χ3v) is 4.17. The number of piperidine rings is 1. The molecule has 22 heavy (non-hydrogen) atoms. The van der Waals surface area contributed by atoms with E-state index >= 15 is 0 Å². The van der Waals surface area contributed by atoms with E-state index in [0.29, 0.717) is 36.1 Å². The van der Waals surface area contributed by atoms with Crippen molar-refractivity contribution in [2.45, 2.75) is 32.6 Å². The Morgan fingerprint density at radius 2 is 2.05 bits per heavy atom. The molecule has 1 aromatic heterocycles. The molecule has 0 unspecified atom stereocenters. The summed E-state index contributed by atoms with van der Waals surface area (Å²) in [5.74, 6) is 1.63. The number of likely N-dealkylation sites (tertiary alicyclic amines) is 1. The van der Waals surface area contributed by atoms with Crippen molar-refractivity contribution in [2.75, 3.05) is 18.8 Å². The average Bonchev–Trinajstić information content (AvgIpc) is 2.96. The smallest absolute Gasteiger partial charge is 0.254 e. The number of anilines is 1. The van der Waals surface area contributed by atoms with E-state index < -0.39 is 0 Å². The number of nitrogens with zero attached hydrogens (tertiary/aromatic N) is 3. The van der Waals surface area contributed by atoms with Gasteiger partial charge in [0.1, 0.15) is 0 Å². The van der Waals surface area contributed by atoms with Crippen LogP contribution >= 0.6 is 0 Å². The van der Waals surface area contributed by atoms with Crippen LogP contribution in [0.1, 0.15) is 46.4 Å². The highest BCUT2D eigenvalue weighted by Gasteiger charge is 2.28. The molecule has 1 fully saturated rings.